The topological polar surface area (TPSA) is 87.6 Å². The van der Waals surface area contributed by atoms with Crippen molar-refractivity contribution in [3.63, 3.8) is 0 Å². The van der Waals surface area contributed by atoms with Gasteiger partial charge in [-0.1, -0.05) is 30.1 Å². The van der Waals surface area contributed by atoms with Gasteiger partial charge in [0.15, 0.2) is 16.8 Å². The van der Waals surface area contributed by atoms with Gasteiger partial charge >= 0.3 is 0 Å². The van der Waals surface area contributed by atoms with Gasteiger partial charge in [-0.2, -0.15) is 0 Å². The first-order valence-corrected chi connectivity index (χ1v) is 11.0. The highest BCUT2D eigenvalue weighted by Crippen LogP contribution is 2.46. The summed E-state index contributed by atoms with van der Waals surface area (Å²) in [4.78, 5) is 13.0. The summed E-state index contributed by atoms with van der Waals surface area (Å²) in [6, 6.07) is 5.05. The number of rotatable bonds is 6. The van der Waals surface area contributed by atoms with Crippen LogP contribution >= 0.6 is 23.2 Å². The largest absolute Gasteiger partial charge is 0.493 e. The maximum atomic E-state index is 15.5. The van der Waals surface area contributed by atoms with E-state index in [-0.39, 0.29) is 27.4 Å². The third kappa shape index (κ3) is 3.94. The molecule has 172 valence electrons. The summed E-state index contributed by atoms with van der Waals surface area (Å²) in [7, 11) is 1.48. The quantitative estimate of drug-likeness (QED) is 0.374. The van der Waals surface area contributed by atoms with Crippen LogP contribution < -0.4 is 15.2 Å². The average Bonchev–Trinajstić information content (AvgIpc) is 3.14. The number of pyridine rings is 1. The Bertz CT molecular complexity index is 1360. The number of hydrogen-bond acceptors (Lipinski definition) is 6. The van der Waals surface area contributed by atoms with E-state index in [1.54, 1.807) is 35.0 Å². The van der Waals surface area contributed by atoms with Gasteiger partial charge in [0.05, 0.1) is 29.9 Å². The lowest BCUT2D eigenvalue weighted by molar-refractivity contribution is 0.334. The van der Waals surface area contributed by atoms with Crippen LogP contribution in [0.4, 0.5) is 10.2 Å². The van der Waals surface area contributed by atoms with Crippen molar-refractivity contribution in [1.82, 2.24) is 19.4 Å². The molecule has 1 aromatic carbocycles. The number of nitrogen functional groups attached to an aromatic ring is 1. The second-order valence-corrected chi connectivity index (χ2v) is 8.19. The summed E-state index contributed by atoms with van der Waals surface area (Å²) in [5.41, 5.74) is 8.46. The number of nitrogens with zero attached hydrogens (tertiary/aromatic N) is 4. The number of benzene rings is 1. The minimum absolute atomic E-state index is 0.0638. The Hall–Kier alpha value is -3.10. The number of fused-ring (bicyclic) bond motifs is 1. The molecule has 0 saturated heterocycles. The Balaban J connectivity index is 2.00. The molecule has 1 atom stereocenters. The van der Waals surface area contributed by atoms with E-state index in [2.05, 4.69) is 15.0 Å². The molecule has 3 heterocycles. The Labute approximate surface area is 200 Å². The highest BCUT2D eigenvalue weighted by Gasteiger charge is 2.28. The van der Waals surface area contributed by atoms with Gasteiger partial charge in [0.2, 0.25) is 5.88 Å². The van der Waals surface area contributed by atoms with Gasteiger partial charge in [0, 0.05) is 29.6 Å². The van der Waals surface area contributed by atoms with Crippen LogP contribution in [0.2, 0.25) is 10.2 Å². The molecule has 0 fully saturated rings. The van der Waals surface area contributed by atoms with E-state index in [9.17, 15) is 0 Å². The Morgan fingerprint density at radius 1 is 1.24 bits per heavy atom. The van der Waals surface area contributed by atoms with Crippen LogP contribution in [-0.4, -0.2) is 33.1 Å². The predicted molar refractivity (Wildman–Crippen MR) is 127 cm³/mol. The molecule has 0 aliphatic rings. The van der Waals surface area contributed by atoms with Gasteiger partial charge in [0.25, 0.3) is 0 Å². The third-order valence-electron chi connectivity index (χ3n) is 5.37. The monoisotopic (exact) mass is 489 g/mol. The lowest BCUT2D eigenvalue weighted by atomic mass is 9.93. The molecular weight excluding hydrogens is 468 g/mol. The van der Waals surface area contributed by atoms with Gasteiger partial charge in [-0.15, -0.1) is 0 Å². The van der Waals surface area contributed by atoms with Crippen LogP contribution in [-0.2, 0) is 0 Å². The number of methoxy groups -OCH3 is 1. The zero-order valence-corrected chi connectivity index (χ0v) is 20.0. The number of aryl methyl sites for hydroxylation is 1. The fourth-order valence-corrected chi connectivity index (χ4v) is 4.34. The standard InChI is InChI=1S/C23H22Cl2FN5O2/c1-5-33-19-14(12(3)22-30-20(25)18-21(27)28-8-9-31(18)22)10-15(24)17(26)16(19)13-7-6-11(2)29-23(13)32-4/h6-10,12H,5H2,1-4H3,(H2,27,28). The highest BCUT2D eigenvalue weighted by atomic mass is 35.5. The van der Waals surface area contributed by atoms with Crippen molar-refractivity contribution in [3.8, 4) is 22.8 Å². The maximum absolute atomic E-state index is 15.5. The lowest BCUT2D eigenvalue weighted by Gasteiger charge is -2.21. The van der Waals surface area contributed by atoms with Crippen molar-refractivity contribution in [3.05, 3.63) is 63.7 Å². The molecule has 2 N–H and O–H groups in total. The van der Waals surface area contributed by atoms with E-state index in [4.69, 9.17) is 38.4 Å². The lowest BCUT2D eigenvalue weighted by Crippen LogP contribution is -2.09. The molecule has 7 nitrogen and oxygen atoms in total. The molecule has 1 unspecified atom stereocenters. The number of imidazole rings is 1. The molecule has 0 spiro atoms. The van der Waals surface area contributed by atoms with E-state index < -0.39 is 11.7 Å². The van der Waals surface area contributed by atoms with E-state index in [1.807, 2.05) is 20.8 Å². The summed E-state index contributed by atoms with van der Waals surface area (Å²) in [5.74, 6) is 0.406. The molecule has 3 aromatic heterocycles. The normalized spacial score (nSPS) is 12.2. The fraction of sp³-hybridized carbons (Fsp3) is 0.261. The first kappa shape index (κ1) is 23.1. The van der Waals surface area contributed by atoms with Crippen molar-refractivity contribution in [2.45, 2.75) is 26.7 Å². The first-order valence-electron chi connectivity index (χ1n) is 10.2. The van der Waals surface area contributed by atoms with E-state index in [0.29, 0.717) is 34.8 Å². The van der Waals surface area contributed by atoms with Crippen LogP contribution in [0.5, 0.6) is 11.6 Å². The van der Waals surface area contributed by atoms with Crippen molar-refractivity contribution in [2.24, 2.45) is 0 Å². The number of halogens is 3. The minimum Gasteiger partial charge on any atom is -0.493 e. The third-order valence-corrected chi connectivity index (χ3v) is 5.91. The number of aromatic nitrogens is 4. The van der Waals surface area contributed by atoms with Crippen molar-refractivity contribution < 1.29 is 13.9 Å². The Kier molecular flexibility index (Phi) is 6.32. The molecule has 0 aliphatic heterocycles. The molecule has 0 amide bonds. The van der Waals surface area contributed by atoms with Crippen molar-refractivity contribution >= 4 is 34.5 Å². The van der Waals surface area contributed by atoms with Crippen molar-refractivity contribution in [1.29, 1.82) is 0 Å². The van der Waals surface area contributed by atoms with Gasteiger partial charge in [0.1, 0.15) is 17.1 Å². The number of hydrogen-bond donors (Lipinski definition) is 1. The zero-order chi connectivity index (χ0) is 23.9. The average molecular weight is 490 g/mol. The fourth-order valence-electron chi connectivity index (χ4n) is 3.86. The molecular formula is C23H22Cl2FN5O2. The second kappa shape index (κ2) is 9.03. The van der Waals surface area contributed by atoms with E-state index in [0.717, 1.165) is 5.69 Å². The first-order chi connectivity index (χ1) is 15.8. The minimum atomic E-state index is -0.625. The van der Waals surface area contributed by atoms with E-state index in [1.165, 1.54) is 7.11 Å². The second-order valence-electron chi connectivity index (χ2n) is 7.42. The SMILES string of the molecule is CCOc1c(C(C)c2nc(Cl)c3c(N)nccn23)cc(Cl)c(F)c1-c1ccc(C)nc1OC. The van der Waals surface area contributed by atoms with Crippen LogP contribution in [0.15, 0.2) is 30.6 Å². The van der Waals surface area contributed by atoms with E-state index >= 15 is 4.39 Å². The van der Waals surface area contributed by atoms with Gasteiger partial charge in [-0.25, -0.2) is 19.3 Å². The number of nitrogens with two attached hydrogens (primary N) is 1. The molecule has 0 bridgehead atoms. The molecule has 10 heteroatoms. The summed E-state index contributed by atoms with van der Waals surface area (Å²) < 4.78 is 28.7. The summed E-state index contributed by atoms with van der Waals surface area (Å²) in [6.07, 6.45) is 3.28. The number of anilines is 1. The van der Waals surface area contributed by atoms with Crippen molar-refractivity contribution in [2.75, 3.05) is 19.5 Å². The summed E-state index contributed by atoms with van der Waals surface area (Å²) >= 11 is 12.7. The molecule has 0 aliphatic carbocycles. The molecule has 4 rings (SSSR count). The van der Waals surface area contributed by atoms with Gasteiger partial charge in [-0.05, 0) is 32.0 Å². The maximum Gasteiger partial charge on any atom is 0.221 e. The van der Waals surface area contributed by atoms with Crippen LogP contribution in [0.1, 0.15) is 36.8 Å². The summed E-state index contributed by atoms with van der Waals surface area (Å²) in [5, 5.41) is 0.157. The van der Waals surface area contributed by atoms with Crippen LogP contribution in [0.25, 0.3) is 16.6 Å². The van der Waals surface area contributed by atoms with Gasteiger partial charge in [-0.3, -0.25) is 4.40 Å². The number of ether oxygens (including phenoxy) is 2. The zero-order valence-electron chi connectivity index (χ0n) is 18.5. The van der Waals surface area contributed by atoms with Crippen LogP contribution in [0.3, 0.4) is 0 Å². The predicted octanol–water partition coefficient (Wildman–Crippen LogP) is 5.69. The molecule has 0 radical (unpaired) electrons. The molecule has 33 heavy (non-hydrogen) atoms. The Morgan fingerprint density at radius 2 is 2.00 bits per heavy atom. The van der Waals surface area contributed by atoms with Crippen LogP contribution in [0, 0.1) is 12.7 Å². The highest BCUT2D eigenvalue weighted by molar-refractivity contribution is 6.33. The molecule has 4 aromatic rings. The summed E-state index contributed by atoms with van der Waals surface area (Å²) in [6.45, 7) is 5.85. The molecule has 0 saturated carbocycles. The Morgan fingerprint density at radius 3 is 2.70 bits per heavy atom. The van der Waals surface area contributed by atoms with Gasteiger partial charge < -0.3 is 15.2 Å². The smallest absolute Gasteiger partial charge is 0.221 e.